The van der Waals surface area contributed by atoms with Gasteiger partial charge in [0.1, 0.15) is 10.1 Å². The number of aryl methyl sites for hydroxylation is 2. The van der Waals surface area contributed by atoms with Crippen molar-refractivity contribution in [2.24, 2.45) is 0 Å². The summed E-state index contributed by atoms with van der Waals surface area (Å²) in [5.74, 6) is 0. The lowest BCUT2D eigenvalue weighted by Crippen LogP contribution is -1.95. The minimum Gasteiger partial charge on any atom is -0.248 e. The number of nitrogens with zero attached hydrogens (tertiary/aromatic N) is 3. The predicted molar refractivity (Wildman–Crippen MR) is 69.9 cm³/mol. The molecule has 0 aliphatic rings. The highest BCUT2D eigenvalue weighted by molar-refractivity contribution is 7.99. The number of pyridine rings is 1. The molecule has 0 spiro atoms. The molecule has 88 valence electrons. The molecule has 6 heteroatoms. The van der Waals surface area contributed by atoms with E-state index in [1.807, 2.05) is 13.8 Å². The number of halogens is 2. The van der Waals surface area contributed by atoms with Crippen molar-refractivity contribution in [1.29, 1.82) is 0 Å². The molecule has 3 nitrogen and oxygen atoms in total. The van der Waals surface area contributed by atoms with Crippen LogP contribution in [0.2, 0.25) is 10.2 Å². The van der Waals surface area contributed by atoms with Crippen molar-refractivity contribution in [2.75, 3.05) is 0 Å². The van der Waals surface area contributed by atoms with E-state index in [0.29, 0.717) is 20.2 Å². The zero-order valence-corrected chi connectivity index (χ0v) is 11.6. The van der Waals surface area contributed by atoms with E-state index in [9.17, 15) is 0 Å². The first-order valence-electron chi connectivity index (χ1n) is 4.87. The average molecular weight is 286 g/mol. The molecule has 2 heterocycles. The van der Waals surface area contributed by atoms with Crippen LogP contribution in [0.15, 0.2) is 28.4 Å². The molecule has 0 unspecified atom stereocenters. The van der Waals surface area contributed by atoms with Gasteiger partial charge in [0.05, 0.1) is 16.4 Å². The van der Waals surface area contributed by atoms with Gasteiger partial charge in [-0.15, -0.1) is 0 Å². The summed E-state index contributed by atoms with van der Waals surface area (Å²) >= 11 is 13.4. The summed E-state index contributed by atoms with van der Waals surface area (Å²) in [5.41, 5.74) is 1.68. The number of hydrogen-bond donors (Lipinski definition) is 0. The maximum Gasteiger partial charge on any atom is 0.161 e. The van der Waals surface area contributed by atoms with Gasteiger partial charge in [-0.3, -0.25) is 0 Å². The van der Waals surface area contributed by atoms with Gasteiger partial charge in [0, 0.05) is 6.20 Å². The van der Waals surface area contributed by atoms with Gasteiger partial charge in [-0.2, -0.15) is 0 Å². The SMILES string of the molecule is Cc1nc(Cl)c(Sc2ncccc2Cl)nc1C. The molecular formula is C11H9Cl2N3S. The Bertz CT molecular complexity index is 560. The van der Waals surface area contributed by atoms with Crippen molar-refractivity contribution in [2.45, 2.75) is 23.9 Å². The molecule has 2 aromatic heterocycles. The second kappa shape index (κ2) is 5.21. The van der Waals surface area contributed by atoms with Gasteiger partial charge in [-0.05, 0) is 37.7 Å². The van der Waals surface area contributed by atoms with Gasteiger partial charge in [-0.1, -0.05) is 23.2 Å². The minimum atomic E-state index is 0.375. The Morgan fingerprint density at radius 3 is 2.47 bits per heavy atom. The highest BCUT2D eigenvalue weighted by Crippen LogP contribution is 2.33. The molecule has 0 aromatic carbocycles. The molecule has 17 heavy (non-hydrogen) atoms. The molecular weight excluding hydrogens is 277 g/mol. The van der Waals surface area contributed by atoms with E-state index in [-0.39, 0.29) is 0 Å². The third-order valence-corrected chi connectivity index (χ3v) is 3.94. The van der Waals surface area contributed by atoms with Crippen LogP contribution in [0.4, 0.5) is 0 Å². The fourth-order valence-electron chi connectivity index (χ4n) is 1.16. The Morgan fingerprint density at radius 1 is 1.06 bits per heavy atom. The van der Waals surface area contributed by atoms with E-state index in [4.69, 9.17) is 23.2 Å². The zero-order chi connectivity index (χ0) is 12.4. The monoisotopic (exact) mass is 285 g/mol. The van der Waals surface area contributed by atoms with E-state index in [2.05, 4.69) is 15.0 Å². The van der Waals surface area contributed by atoms with Crippen LogP contribution >= 0.6 is 35.0 Å². The van der Waals surface area contributed by atoms with Crippen LogP contribution in [-0.4, -0.2) is 15.0 Å². The molecule has 0 amide bonds. The van der Waals surface area contributed by atoms with Crippen LogP contribution < -0.4 is 0 Å². The standard InChI is InChI=1S/C11H9Cl2N3S/c1-6-7(2)16-11(9(13)15-6)17-10-8(12)4-3-5-14-10/h3-5H,1-2H3. The van der Waals surface area contributed by atoms with Gasteiger partial charge in [0.2, 0.25) is 0 Å². The van der Waals surface area contributed by atoms with Crippen molar-refractivity contribution in [3.8, 4) is 0 Å². The van der Waals surface area contributed by atoms with Crippen molar-refractivity contribution in [3.63, 3.8) is 0 Å². The Balaban J connectivity index is 2.37. The maximum atomic E-state index is 6.04. The highest BCUT2D eigenvalue weighted by Gasteiger charge is 2.11. The molecule has 0 aliphatic heterocycles. The van der Waals surface area contributed by atoms with Gasteiger partial charge in [0.25, 0.3) is 0 Å². The molecule has 0 atom stereocenters. The summed E-state index contributed by atoms with van der Waals surface area (Å²) in [6.07, 6.45) is 1.68. The first-order chi connectivity index (χ1) is 8.08. The lowest BCUT2D eigenvalue weighted by molar-refractivity contribution is 0.954. The lowest BCUT2D eigenvalue weighted by Gasteiger charge is -2.06. The van der Waals surface area contributed by atoms with Gasteiger partial charge >= 0.3 is 0 Å². The van der Waals surface area contributed by atoms with Gasteiger partial charge in [0.15, 0.2) is 5.15 Å². The third-order valence-electron chi connectivity index (χ3n) is 2.15. The van der Waals surface area contributed by atoms with Crippen LogP contribution in [-0.2, 0) is 0 Å². The lowest BCUT2D eigenvalue weighted by atomic mass is 10.4. The first kappa shape index (κ1) is 12.6. The molecule has 0 saturated carbocycles. The minimum absolute atomic E-state index is 0.375. The zero-order valence-electron chi connectivity index (χ0n) is 9.24. The van der Waals surface area contributed by atoms with Crippen LogP contribution in [0.1, 0.15) is 11.4 Å². The van der Waals surface area contributed by atoms with Crippen LogP contribution in [0, 0.1) is 13.8 Å². The van der Waals surface area contributed by atoms with Gasteiger partial charge < -0.3 is 0 Å². The van der Waals surface area contributed by atoms with Crippen molar-refractivity contribution in [3.05, 3.63) is 39.9 Å². The second-order valence-electron chi connectivity index (χ2n) is 3.38. The highest BCUT2D eigenvalue weighted by atomic mass is 35.5. The average Bonchev–Trinajstić information content (AvgIpc) is 2.29. The Kier molecular flexibility index (Phi) is 3.86. The number of aromatic nitrogens is 3. The van der Waals surface area contributed by atoms with Crippen molar-refractivity contribution < 1.29 is 0 Å². The van der Waals surface area contributed by atoms with Crippen molar-refractivity contribution >= 4 is 35.0 Å². The number of rotatable bonds is 2. The normalized spacial score (nSPS) is 10.6. The van der Waals surface area contributed by atoms with E-state index in [1.54, 1.807) is 18.3 Å². The Morgan fingerprint density at radius 2 is 1.76 bits per heavy atom. The third kappa shape index (κ3) is 2.89. The smallest absolute Gasteiger partial charge is 0.161 e. The van der Waals surface area contributed by atoms with Crippen LogP contribution in [0.5, 0.6) is 0 Å². The first-order valence-corrected chi connectivity index (χ1v) is 6.44. The summed E-state index contributed by atoms with van der Waals surface area (Å²) in [5, 5.41) is 2.25. The number of hydrogen-bond acceptors (Lipinski definition) is 4. The van der Waals surface area contributed by atoms with E-state index in [1.165, 1.54) is 11.8 Å². The van der Waals surface area contributed by atoms with E-state index in [0.717, 1.165) is 11.4 Å². The molecule has 2 rings (SSSR count). The summed E-state index contributed by atoms with van der Waals surface area (Å²) in [4.78, 5) is 12.8. The summed E-state index contributed by atoms with van der Waals surface area (Å²) in [6.45, 7) is 3.76. The molecule has 0 fully saturated rings. The maximum absolute atomic E-state index is 6.04. The fourth-order valence-corrected chi connectivity index (χ4v) is 2.45. The quantitative estimate of drug-likeness (QED) is 0.838. The molecule has 0 bridgehead atoms. The topological polar surface area (TPSA) is 38.7 Å². The molecule has 0 saturated heterocycles. The Labute approximate surface area is 114 Å². The molecule has 0 aliphatic carbocycles. The Hall–Kier alpha value is -0.840. The van der Waals surface area contributed by atoms with E-state index < -0.39 is 0 Å². The summed E-state index contributed by atoms with van der Waals surface area (Å²) in [6, 6.07) is 3.55. The summed E-state index contributed by atoms with van der Waals surface area (Å²) < 4.78 is 0. The molecule has 0 radical (unpaired) electrons. The van der Waals surface area contributed by atoms with E-state index >= 15 is 0 Å². The molecule has 0 N–H and O–H groups in total. The van der Waals surface area contributed by atoms with Crippen LogP contribution in [0.3, 0.4) is 0 Å². The predicted octanol–water partition coefficient (Wildman–Crippen LogP) is 3.95. The van der Waals surface area contributed by atoms with Crippen LogP contribution in [0.25, 0.3) is 0 Å². The fraction of sp³-hybridized carbons (Fsp3) is 0.182. The van der Waals surface area contributed by atoms with Crippen molar-refractivity contribution in [1.82, 2.24) is 15.0 Å². The largest absolute Gasteiger partial charge is 0.248 e. The second-order valence-corrected chi connectivity index (χ2v) is 5.13. The van der Waals surface area contributed by atoms with Gasteiger partial charge in [-0.25, -0.2) is 15.0 Å². The molecule has 2 aromatic rings. The summed E-state index contributed by atoms with van der Waals surface area (Å²) in [7, 11) is 0.